The van der Waals surface area contributed by atoms with Gasteiger partial charge in [-0.3, -0.25) is 4.79 Å². The minimum absolute atomic E-state index is 0.0333. The molecule has 0 saturated heterocycles. The number of rotatable bonds is 4. The van der Waals surface area contributed by atoms with E-state index in [0.29, 0.717) is 16.7 Å². The average Bonchev–Trinajstić information content (AvgIpc) is 2.73. The first-order valence-electron chi connectivity index (χ1n) is 5.97. The molecule has 0 spiro atoms. The molecule has 1 N–H and O–H groups in total. The van der Waals surface area contributed by atoms with Crippen molar-refractivity contribution >= 4 is 29.0 Å². The van der Waals surface area contributed by atoms with Gasteiger partial charge in [-0.25, -0.2) is 0 Å². The number of halogens is 1. The van der Waals surface area contributed by atoms with Crippen LogP contribution in [0.2, 0.25) is 0 Å². The van der Waals surface area contributed by atoms with Crippen LogP contribution in [0.5, 0.6) is 0 Å². The molecule has 0 aromatic carbocycles. The van der Waals surface area contributed by atoms with Gasteiger partial charge in [-0.1, -0.05) is 39.1 Å². The van der Waals surface area contributed by atoms with Crippen LogP contribution in [-0.2, 0) is 5.41 Å². The molecule has 0 saturated carbocycles. The minimum atomic E-state index is -0.187. The van der Waals surface area contributed by atoms with Gasteiger partial charge in [0.05, 0.1) is 5.69 Å². The zero-order valence-electron chi connectivity index (χ0n) is 11.5. The number of hydrogen-bond donors (Lipinski definition) is 1. The van der Waals surface area contributed by atoms with Crippen molar-refractivity contribution in [1.82, 2.24) is 14.9 Å². The summed E-state index contributed by atoms with van der Waals surface area (Å²) in [5.41, 5.74) is 0.551. The van der Waals surface area contributed by atoms with Gasteiger partial charge in [0.25, 0.3) is 5.91 Å². The van der Waals surface area contributed by atoms with Crippen LogP contribution >= 0.6 is 23.1 Å². The summed E-state index contributed by atoms with van der Waals surface area (Å²) < 4.78 is 3.89. The van der Waals surface area contributed by atoms with E-state index < -0.39 is 0 Å². The molecule has 0 radical (unpaired) electrons. The third-order valence-electron chi connectivity index (χ3n) is 2.69. The maximum Gasteiger partial charge on any atom is 0.265 e. The molecule has 1 aromatic heterocycles. The fraction of sp³-hybridized carbons (Fsp3) is 0.750. The summed E-state index contributed by atoms with van der Waals surface area (Å²) in [6.07, 6.45) is 0. The van der Waals surface area contributed by atoms with Crippen molar-refractivity contribution < 1.29 is 4.79 Å². The lowest BCUT2D eigenvalue weighted by Gasteiger charge is -2.21. The number of aromatic nitrogens is 2. The Morgan fingerprint density at radius 1 is 1.44 bits per heavy atom. The monoisotopic (exact) mass is 289 g/mol. The van der Waals surface area contributed by atoms with Gasteiger partial charge in [0.2, 0.25) is 0 Å². The summed E-state index contributed by atoms with van der Waals surface area (Å²) in [5, 5.41) is 7.00. The van der Waals surface area contributed by atoms with E-state index in [-0.39, 0.29) is 17.4 Å². The van der Waals surface area contributed by atoms with Gasteiger partial charge >= 0.3 is 0 Å². The zero-order chi connectivity index (χ0) is 13.9. The molecule has 1 rings (SSSR count). The van der Waals surface area contributed by atoms with Crippen molar-refractivity contribution in [3.63, 3.8) is 0 Å². The van der Waals surface area contributed by atoms with Gasteiger partial charge in [-0.15, -0.1) is 16.7 Å². The Kier molecular flexibility index (Phi) is 5.10. The molecule has 1 aromatic rings. The summed E-state index contributed by atoms with van der Waals surface area (Å²) in [5.74, 6) is 0.570. The highest BCUT2D eigenvalue weighted by Crippen LogP contribution is 2.25. The molecule has 0 aliphatic carbocycles. The predicted octanol–water partition coefficient (Wildman–Crippen LogP) is 2.83. The molecule has 18 heavy (non-hydrogen) atoms. The maximum atomic E-state index is 12.2. The first-order chi connectivity index (χ1) is 8.27. The van der Waals surface area contributed by atoms with Gasteiger partial charge in [0, 0.05) is 17.3 Å². The molecule has 1 heterocycles. The van der Waals surface area contributed by atoms with Gasteiger partial charge in [-0.2, -0.15) is 0 Å². The van der Waals surface area contributed by atoms with Gasteiger partial charge in [-0.05, 0) is 17.5 Å². The molecular formula is C12H20ClN3OS. The Morgan fingerprint density at radius 2 is 2.06 bits per heavy atom. The lowest BCUT2D eigenvalue weighted by molar-refractivity contribution is 0.0933. The van der Waals surface area contributed by atoms with E-state index >= 15 is 0 Å². The van der Waals surface area contributed by atoms with Crippen LogP contribution in [0.3, 0.4) is 0 Å². The van der Waals surface area contributed by atoms with Crippen molar-refractivity contribution in [2.75, 3.05) is 5.88 Å². The smallest absolute Gasteiger partial charge is 0.265 e. The summed E-state index contributed by atoms with van der Waals surface area (Å²) in [7, 11) is 0. The molecule has 1 unspecified atom stereocenters. The molecule has 4 nitrogen and oxygen atoms in total. The molecule has 0 aliphatic heterocycles. The van der Waals surface area contributed by atoms with Gasteiger partial charge < -0.3 is 5.32 Å². The number of carbonyl (C=O) groups excluding carboxylic acids is 1. The number of amides is 1. The SMILES string of the molecule is CC(C)C(CCl)NC(=O)c1snnc1C(C)(C)C. The van der Waals surface area contributed by atoms with Crippen molar-refractivity contribution in [3.05, 3.63) is 10.6 Å². The van der Waals surface area contributed by atoms with E-state index in [9.17, 15) is 4.79 Å². The highest BCUT2D eigenvalue weighted by Gasteiger charge is 2.27. The Balaban J connectivity index is 2.89. The molecule has 6 heteroatoms. The highest BCUT2D eigenvalue weighted by atomic mass is 35.5. The van der Waals surface area contributed by atoms with Crippen molar-refractivity contribution in [1.29, 1.82) is 0 Å². The van der Waals surface area contributed by atoms with Crippen LogP contribution in [0.4, 0.5) is 0 Å². The molecule has 0 aliphatic rings. The van der Waals surface area contributed by atoms with Crippen molar-refractivity contribution in [2.45, 2.75) is 46.1 Å². The van der Waals surface area contributed by atoms with Gasteiger partial charge in [0.15, 0.2) is 0 Å². The number of nitrogens with zero attached hydrogens (tertiary/aromatic N) is 2. The number of hydrogen-bond acceptors (Lipinski definition) is 4. The number of carbonyl (C=O) groups is 1. The molecule has 1 atom stereocenters. The predicted molar refractivity (Wildman–Crippen MR) is 75.4 cm³/mol. The van der Waals surface area contributed by atoms with Crippen LogP contribution in [-0.4, -0.2) is 27.4 Å². The lowest BCUT2D eigenvalue weighted by Crippen LogP contribution is -2.40. The summed E-state index contributed by atoms with van der Waals surface area (Å²) >= 11 is 6.99. The summed E-state index contributed by atoms with van der Waals surface area (Å²) in [6.45, 7) is 10.1. The topological polar surface area (TPSA) is 54.9 Å². The second kappa shape index (κ2) is 5.97. The van der Waals surface area contributed by atoms with Crippen LogP contribution < -0.4 is 5.32 Å². The number of nitrogens with one attached hydrogen (secondary N) is 1. The summed E-state index contributed by atoms with van der Waals surface area (Å²) in [6, 6.07) is -0.0333. The molecule has 0 bridgehead atoms. The second-order valence-corrected chi connectivity index (χ2v) is 6.74. The Bertz CT molecular complexity index is 412. The fourth-order valence-electron chi connectivity index (χ4n) is 1.45. The van der Waals surface area contributed by atoms with E-state index in [1.54, 1.807) is 0 Å². The zero-order valence-corrected chi connectivity index (χ0v) is 13.0. The first-order valence-corrected chi connectivity index (χ1v) is 7.27. The van der Waals surface area contributed by atoms with Crippen molar-refractivity contribution in [3.8, 4) is 0 Å². The average molecular weight is 290 g/mol. The van der Waals surface area contributed by atoms with E-state index in [2.05, 4.69) is 14.9 Å². The minimum Gasteiger partial charge on any atom is -0.347 e. The van der Waals surface area contributed by atoms with Crippen molar-refractivity contribution in [2.24, 2.45) is 5.92 Å². The lowest BCUT2D eigenvalue weighted by atomic mass is 9.91. The quantitative estimate of drug-likeness (QED) is 0.867. The standard InChI is InChI=1S/C12H20ClN3OS/c1-7(2)8(6-13)14-11(17)9-10(12(3,4)5)15-16-18-9/h7-8H,6H2,1-5H3,(H,14,17). The highest BCUT2D eigenvalue weighted by molar-refractivity contribution is 7.08. The Labute approximate surface area is 117 Å². The first kappa shape index (κ1) is 15.4. The number of alkyl halides is 1. The molecule has 0 fully saturated rings. The van der Waals surface area contributed by atoms with E-state index in [1.807, 2.05) is 34.6 Å². The third kappa shape index (κ3) is 3.65. The van der Waals surface area contributed by atoms with Gasteiger partial charge in [0.1, 0.15) is 4.88 Å². The normalized spacial score (nSPS) is 13.7. The van der Waals surface area contributed by atoms with Crippen LogP contribution in [0.15, 0.2) is 0 Å². The molecule has 102 valence electrons. The largest absolute Gasteiger partial charge is 0.347 e. The summed E-state index contributed by atoms with van der Waals surface area (Å²) in [4.78, 5) is 12.8. The molecule has 1 amide bonds. The fourth-order valence-corrected chi connectivity index (χ4v) is 2.66. The maximum absolute atomic E-state index is 12.2. The second-order valence-electron chi connectivity index (χ2n) is 5.68. The Morgan fingerprint density at radius 3 is 2.50 bits per heavy atom. The molecular weight excluding hydrogens is 270 g/mol. The van der Waals surface area contributed by atoms with E-state index in [4.69, 9.17) is 11.6 Å². The van der Waals surface area contributed by atoms with E-state index in [0.717, 1.165) is 17.2 Å². The Hall–Kier alpha value is -0.680. The van der Waals surface area contributed by atoms with Crippen LogP contribution in [0, 0.1) is 5.92 Å². The van der Waals surface area contributed by atoms with Crippen LogP contribution in [0.1, 0.15) is 50.0 Å². The third-order valence-corrected chi connectivity index (χ3v) is 3.75. The van der Waals surface area contributed by atoms with Crippen LogP contribution in [0.25, 0.3) is 0 Å². The van der Waals surface area contributed by atoms with E-state index in [1.165, 1.54) is 0 Å².